The van der Waals surface area contributed by atoms with Gasteiger partial charge in [-0.15, -0.1) is 22.0 Å². The molecule has 0 fully saturated rings. The molecule has 1 heterocycles. The molecule has 0 bridgehead atoms. The Hall–Kier alpha value is -1.33. The van der Waals surface area contributed by atoms with Crippen molar-refractivity contribution >= 4 is 11.8 Å². The Bertz CT molecular complexity index is 522. The fraction of sp³-hybridized carbons (Fsp3) is 0.429. The topological polar surface area (TPSA) is 59.2 Å². The highest BCUT2D eigenvalue weighted by Gasteiger charge is 2.13. The van der Waals surface area contributed by atoms with Gasteiger partial charge >= 0.3 is 0 Å². The van der Waals surface area contributed by atoms with E-state index in [4.69, 9.17) is 4.42 Å². The molecule has 0 aliphatic rings. The highest BCUT2D eigenvalue weighted by Crippen LogP contribution is 2.23. The van der Waals surface area contributed by atoms with Crippen LogP contribution in [0.1, 0.15) is 25.3 Å². The number of aromatic nitrogens is 2. The van der Waals surface area contributed by atoms with Crippen molar-refractivity contribution in [3.8, 4) is 11.5 Å². The van der Waals surface area contributed by atoms with Crippen LogP contribution in [0.25, 0.3) is 11.5 Å². The van der Waals surface area contributed by atoms with E-state index in [1.807, 2.05) is 38.1 Å². The molecule has 4 nitrogen and oxygen atoms in total. The van der Waals surface area contributed by atoms with Crippen LogP contribution < -0.4 is 0 Å². The van der Waals surface area contributed by atoms with Crippen molar-refractivity contribution < 1.29 is 9.52 Å². The highest BCUT2D eigenvalue weighted by atomic mass is 32.2. The average Bonchev–Trinajstić information content (AvgIpc) is 2.85. The first-order valence-electron chi connectivity index (χ1n) is 6.25. The van der Waals surface area contributed by atoms with Gasteiger partial charge in [0.2, 0.25) is 11.8 Å². The zero-order valence-corrected chi connectivity index (χ0v) is 12.1. The predicted octanol–water partition coefficient (Wildman–Crippen LogP) is 3.05. The number of nitrogens with zero attached hydrogens (tertiary/aromatic N) is 2. The summed E-state index contributed by atoms with van der Waals surface area (Å²) < 4.78 is 5.62. The largest absolute Gasteiger partial charge is 0.420 e. The SMILES string of the molecule is Cc1ccc(-c2nnc(CSC(C)C(C)O)o2)cc1. The molecule has 1 N–H and O–H groups in total. The van der Waals surface area contributed by atoms with Gasteiger partial charge in [-0.25, -0.2) is 0 Å². The molecule has 0 radical (unpaired) electrons. The second kappa shape index (κ2) is 6.21. The molecule has 0 saturated heterocycles. The van der Waals surface area contributed by atoms with Gasteiger partial charge < -0.3 is 9.52 Å². The maximum atomic E-state index is 9.42. The number of hydrogen-bond donors (Lipinski definition) is 1. The van der Waals surface area contributed by atoms with E-state index in [-0.39, 0.29) is 11.4 Å². The van der Waals surface area contributed by atoms with E-state index in [1.54, 1.807) is 18.7 Å². The van der Waals surface area contributed by atoms with Gasteiger partial charge in [-0.1, -0.05) is 24.6 Å². The Kier molecular flexibility index (Phi) is 4.61. The van der Waals surface area contributed by atoms with Crippen molar-refractivity contribution in [2.75, 3.05) is 0 Å². The minimum Gasteiger partial charge on any atom is -0.420 e. The standard InChI is InChI=1S/C14H18N2O2S/c1-9-4-6-12(7-5-9)14-16-15-13(18-14)8-19-11(3)10(2)17/h4-7,10-11,17H,8H2,1-3H3. The molecule has 0 aliphatic heterocycles. The lowest BCUT2D eigenvalue weighted by Crippen LogP contribution is -2.15. The van der Waals surface area contributed by atoms with E-state index in [2.05, 4.69) is 10.2 Å². The van der Waals surface area contributed by atoms with E-state index >= 15 is 0 Å². The van der Waals surface area contributed by atoms with E-state index in [9.17, 15) is 5.11 Å². The number of benzene rings is 1. The van der Waals surface area contributed by atoms with Crippen LogP contribution in [-0.4, -0.2) is 26.7 Å². The smallest absolute Gasteiger partial charge is 0.247 e. The molecule has 0 saturated carbocycles. The summed E-state index contributed by atoms with van der Waals surface area (Å²) in [5.74, 6) is 1.75. The summed E-state index contributed by atoms with van der Waals surface area (Å²) in [6, 6.07) is 7.98. The molecule has 19 heavy (non-hydrogen) atoms. The van der Waals surface area contributed by atoms with Crippen LogP contribution in [0.5, 0.6) is 0 Å². The first-order chi connectivity index (χ1) is 9.06. The number of aryl methyl sites for hydroxylation is 1. The number of thioether (sulfide) groups is 1. The quantitative estimate of drug-likeness (QED) is 0.911. The molecule has 0 spiro atoms. The van der Waals surface area contributed by atoms with Gasteiger partial charge in [-0.2, -0.15) is 0 Å². The lowest BCUT2D eigenvalue weighted by molar-refractivity contribution is 0.196. The van der Waals surface area contributed by atoms with Crippen LogP contribution in [0.3, 0.4) is 0 Å². The van der Waals surface area contributed by atoms with Crippen LogP contribution in [0.2, 0.25) is 0 Å². The Morgan fingerprint density at radius 1 is 1.21 bits per heavy atom. The number of rotatable bonds is 5. The van der Waals surface area contributed by atoms with Crippen molar-refractivity contribution in [1.82, 2.24) is 10.2 Å². The third-order valence-electron chi connectivity index (χ3n) is 2.91. The molecule has 0 amide bonds. The van der Waals surface area contributed by atoms with Crippen molar-refractivity contribution in [1.29, 1.82) is 0 Å². The van der Waals surface area contributed by atoms with Crippen LogP contribution in [0, 0.1) is 6.92 Å². The van der Waals surface area contributed by atoms with Gasteiger partial charge in [0.25, 0.3) is 0 Å². The summed E-state index contributed by atoms with van der Waals surface area (Å²) >= 11 is 1.60. The fourth-order valence-electron chi connectivity index (χ4n) is 1.47. The summed E-state index contributed by atoms with van der Waals surface area (Å²) in [4.78, 5) is 0. The number of aliphatic hydroxyl groups is 1. The van der Waals surface area contributed by atoms with E-state index < -0.39 is 0 Å². The average molecular weight is 278 g/mol. The lowest BCUT2D eigenvalue weighted by Gasteiger charge is -2.11. The van der Waals surface area contributed by atoms with Crippen molar-refractivity contribution in [3.63, 3.8) is 0 Å². The molecular weight excluding hydrogens is 260 g/mol. The summed E-state index contributed by atoms with van der Waals surface area (Å²) in [7, 11) is 0. The van der Waals surface area contributed by atoms with Crippen LogP contribution in [0.15, 0.2) is 28.7 Å². The Morgan fingerprint density at radius 3 is 2.53 bits per heavy atom. The minimum absolute atomic E-state index is 0.148. The number of hydrogen-bond acceptors (Lipinski definition) is 5. The molecule has 102 valence electrons. The molecular formula is C14H18N2O2S. The maximum absolute atomic E-state index is 9.42. The van der Waals surface area contributed by atoms with Gasteiger partial charge in [-0.3, -0.25) is 0 Å². The van der Waals surface area contributed by atoms with Crippen molar-refractivity contribution in [3.05, 3.63) is 35.7 Å². The molecule has 1 aromatic heterocycles. The molecule has 5 heteroatoms. The van der Waals surface area contributed by atoms with Crippen LogP contribution >= 0.6 is 11.8 Å². The Labute approximate surface area is 117 Å². The van der Waals surface area contributed by atoms with E-state index in [1.165, 1.54) is 5.56 Å². The first-order valence-corrected chi connectivity index (χ1v) is 7.30. The Morgan fingerprint density at radius 2 is 1.89 bits per heavy atom. The second-order valence-electron chi connectivity index (χ2n) is 4.62. The lowest BCUT2D eigenvalue weighted by atomic mass is 10.1. The highest BCUT2D eigenvalue weighted by molar-refractivity contribution is 7.99. The minimum atomic E-state index is -0.343. The third kappa shape index (κ3) is 3.81. The molecule has 2 atom stereocenters. The first kappa shape index (κ1) is 14.1. The van der Waals surface area contributed by atoms with Crippen molar-refractivity contribution in [2.24, 2.45) is 0 Å². The molecule has 2 unspecified atom stereocenters. The van der Waals surface area contributed by atoms with E-state index in [0.29, 0.717) is 17.5 Å². The van der Waals surface area contributed by atoms with E-state index in [0.717, 1.165) is 5.56 Å². The predicted molar refractivity (Wildman–Crippen MR) is 76.9 cm³/mol. The zero-order valence-electron chi connectivity index (χ0n) is 11.3. The third-order valence-corrected chi connectivity index (χ3v) is 4.25. The van der Waals surface area contributed by atoms with Gasteiger partial charge in [-0.05, 0) is 26.0 Å². The Balaban J connectivity index is 2.01. The normalized spacial score (nSPS) is 14.3. The zero-order chi connectivity index (χ0) is 13.8. The molecule has 0 aliphatic carbocycles. The van der Waals surface area contributed by atoms with Crippen LogP contribution in [0.4, 0.5) is 0 Å². The summed E-state index contributed by atoms with van der Waals surface area (Å²) in [5.41, 5.74) is 2.13. The van der Waals surface area contributed by atoms with Crippen LogP contribution in [-0.2, 0) is 5.75 Å². The second-order valence-corrected chi connectivity index (χ2v) is 5.99. The summed E-state index contributed by atoms with van der Waals surface area (Å²) in [5, 5.41) is 17.6. The molecule has 2 aromatic rings. The molecule has 1 aromatic carbocycles. The molecule has 2 rings (SSSR count). The van der Waals surface area contributed by atoms with Gasteiger partial charge in [0.1, 0.15) is 0 Å². The van der Waals surface area contributed by atoms with Gasteiger partial charge in [0.15, 0.2) is 0 Å². The van der Waals surface area contributed by atoms with Gasteiger partial charge in [0.05, 0.1) is 11.9 Å². The van der Waals surface area contributed by atoms with Gasteiger partial charge in [0, 0.05) is 10.8 Å². The monoisotopic (exact) mass is 278 g/mol. The maximum Gasteiger partial charge on any atom is 0.247 e. The van der Waals surface area contributed by atoms with Crippen molar-refractivity contribution in [2.45, 2.75) is 37.9 Å². The number of aliphatic hydroxyl groups excluding tert-OH is 1. The summed E-state index contributed by atoms with van der Waals surface area (Å²) in [6.45, 7) is 5.80. The summed E-state index contributed by atoms with van der Waals surface area (Å²) in [6.07, 6.45) is -0.343. The fourth-order valence-corrected chi connectivity index (χ4v) is 2.27.